The van der Waals surface area contributed by atoms with E-state index >= 15 is 0 Å². The number of nitrogens with one attached hydrogen (secondary N) is 3. The predicted molar refractivity (Wildman–Crippen MR) is 167 cm³/mol. The molecule has 2 aliphatic rings. The highest BCUT2D eigenvalue weighted by Crippen LogP contribution is 2.27. The highest BCUT2D eigenvalue weighted by Gasteiger charge is 2.22. The van der Waals surface area contributed by atoms with Crippen LogP contribution in [0.25, 0.3) is 5.82 Å². The Morgan fingerprint density at radius 1 is 0.977 bits per heavy atom. The molecular weight excluding hydrogens is 545 g/mol. The van der Waals surface area contributed by atoms with Gasteiger partial charge in [0.2, 0.25) is 5.95 Å². The minimum absolute atomic E-state index is 0.286. The van der Waals surface area contributed by atoms with E-state index in [1.807, 2.05) is 48.0 Å². The lowest BCUT2D eigenvalue weighted by Crippen LogP contribution is -2.45. The highest BCUT2D eigenvalue weighted by molar-refractivity contribution is 6.04. The Bertz CT molecular complexity index is 1580. The van der Waals surface area contributed by atoms with E-state index in [1.165, 1.54) is 0 Å². The van der Waals surface area contributed by atoms with E-state index < -0.39 is 6.67 Å². The molecule has 0 radical (unpaired) electrons. The number of carbonyl (C=O) groups excluding carboxylic acids is 1. The minimum atomic E-state index is -0.610. The van der Waals surface area contributed by atoms with Crippen molar-refractivity contribution < 1.29 is 9.18 Å². The second kappa shape index (κ2) is 12.9. The molecule has 0 bridgehead atoms. The van der Waals surface area contributed by atoms with Gasteiger partial charge in [-0.2, -0.15) is 0 Å². The van der Waals surface area contributed by atoms with Crippen LogP contribution >= 0.6 is 0 Å². The summed E-state index contributed by atoms with van der Waals surface area (Å²) in [5.41, 5.74) is 4.31. The molecule has 6 rings (SSSR count). The Hall–Kier alpha value is -4.35. The lowest BCUT2D eigenvalue weighted by Gasteiger charge is -2.34. The molecule has 10 nitrogen and oxygen atoms in total. The molecule has 1 saturated carbocycles. The number of carbonyl (C=O) groups is 1. The summed E-state index contributed by atoms with van der Waals surface area (Å²) >= 11 is 0. The molecule has 0 atom stereocenters. The van der Waals surface area contributed by atoms with Gasteiger partial charge in [-0.05, 0) is 67.3 Å². The van der Waals surface area contributed by atoms with Gasteiger partial charge in [-0.15, -0.1) is 0 Å². The molecule has 3 N–H and O–H groups in total. The number of halogens is 1. The van der Waals surface area contributed by atoms with Gasteiger partial charge in [-0.1, -0.05) is 19.1 Å². The number of rotatable bonds is 11. The summed E-state index contributed by atoms with van der Waals surface area (Å²) < 4.78 is 15.9. The number of aromatic nitrogens is 4. The fourth-order valence-electron chi connectivity index (χ4n) is 5.28. The van der Waals surface area contributed by atoms with Crippen molar-refractivity contribution in [3.05, 3.63) is 83.4 Å². The molecule has 224 valence electrons. The number of hydrogen-bond acceptors (Lipinski definition) is 8. The van der Waals surface area contributed by atoms with E-state index in [-0.39, 0.29) is 5.91 Å². The number of imidazole rings is 1. The Labute approximate surface area is 251 Å². The average molecular weight is 584 g/mol. The van der Waals surface area contributed by atoms with Crippen LogP contribution < -0.4 is 16.0 Å². The Balaban J connectivity index is 1.13. The van der Waals surface area contributed by atoms with E-state index in [1.54, 1.807) is 24.7 Å². The summed E-state index contributed by atoms with van der Waals surface area (Å²) in [4.78, 5) is 31.2. The Morgan fingerprint density at radius 3 is 2.56 bits per heavy atom. The molecule has 3 heterocycles. The molecule has 11 heteroatoms. The van der Waals surface area contributed by atoms with Crippen molar-refractivity contribution in [1.29, 1.82) is 0 Å². The summed E-state index contributed by atoms with van der Waals surface area (Å²) in [5.74, 6) is 1.77. The van der Waals surface area contributed by atoms with Crippen LogP contribution in [0, 0.1) is 6.92 Å². The number of amides is 1. The second-order valence-corrected chi connectivity index (χ2v) is 11.2. The molecule has 2 aromatic carbocycles. The smallest absolute Gasteiger partial charge is 0.255 e. The Morgan fingerprint density at radius 2 is 1.79 bits per heavy atom. The molecule has 1 amide bonds. The van der Waals surface area contributed by atoms with Crippen LogP contribution in [0.4, 0.5) is 27.5 Å². The van der Waals surface area contributed by atoms with Gasteiger partial charge in [0.05, 0.1) is 0 Å². The normalized spacial score (nSPS) is 15.8. The zero-order valence-electron chi connectivity index (χ0n) is 24.7. The SMILES string of the molecule is CCN1CCN(Cc2ccc(C(=O)Nc3ccc(C)c(Nc4nccn4-c4cc(NC5CC5)ncn4)c3)cc2CF)CC1. The first-order chi connectivity index (χ1) is 21.0. The number of nitrogens with zero attached hydrogens (tertiary/aromatic N) is 6. The molecule has 43 heavy (non-hydrogen) atoms. The number of likely N-dealkylation sites (N-methyl/N-ethyl adjacent to an activating group) is 1. The van der Waals surface area contributed by atoms with Gasteiger partial charge < -0.3 is 20.9 Å². The summed E-state index contributed by atoms with van der Waals surface area (Å²) in [6, 6.07) is 13.4. The molecule has 1 aliphatic heterocycles. The molecule has 2 aromatic heterocycles. The van der Waals surface area contributed by atoms with Crippen LogP contribution in [0.5, 0.6) is 0 Å². The number of anilines is 4. The fraction of sp³-hybridized carbons (Fsp3) is 0.375. The van der Waals surface area contributed by atoms with E-state index in [9.17, 15) is 9.18 Å². The van der Waals surface area contributed by atoms with E-state index in [0.717, 1.165) is 68.2 Å². The van der Waals surface area contributed by atoms with Crippen LogP contribution in [-0.4, -0.2) is 74.0 Å². The van der Waals surface area contributed by atoms with Gasteiger partial charge in [0, 0.05) is 74.2 Å². The van der Waals surface area contributed by atoms with E-state index in [0.29, 0.717) is 41.2 Å². The van der Waals surface area contributed by atoms with Crippen LogP contribution in [0.2, 0.25) is 0 Å². The zero-order valence-corrected chi connectivity index (χ0v) is 24.7. The first kappa shape index (κ1) is 28.8. The van der Waals surface area contributed by atoms with Gasteiger partial charge in [0.15, 0.2) is 0 Å². The predicted octanol–water partition coefficient (Wildman–Crippen LogP) is 5.15. The zero-order chi connectivity index (χ0) is 29.8. The quantitative estimate of drug-likeness (QED) is 0.223. The molecule has 0 unspecified atom stereocenters. The first-order valence-corrected chi connectivity index (χ1v) is 14.9. The van der Waals surface area contributed by atoms with Crippen LogP contribution in [0.15, 0.2) is 61.2 Å². The minimum Gasteiger partial charge on any atom is -0.367 e. The van der Waals surface area contributed by atoms with Crippen molar-refractivity contribution in [3.8, 4) is 5.82 Å². The van der Waals surface area contributed by atoms with Crippen LogP contribution in [0.1, 0.15) is 46.8 Å². The van der Waals surface area contributed by atoms with E-state index in [4.69, 9.17) is 0 Å². The molecule has 4 aromatic rings. The van der Waals surface area contributed by atoms with Gasteiger partial charge in [0.25, 0.3) is 5.91 Å². The maximum absolute atomic E-state index is 14.1. The number of alkyl halides is 1. The number of aryl methyl sites for hydroxylation is 1. The summed E-state index contributed by atoms with van der Waals surface area (Å²) in [5, 5.41) is 9.75. The fourth-order valence-corrected chi connectivity index (χ4v) is 5.28. The van der Waals surface area contributed by atoms with Crippen LogP contribution in [0.3, 0.4) is 0 Å². The first-order valence-electron chi connectivity index (χ1n) is 14.9. The van der Waals surface area contributed by atoms with Crippen molar-refractivity contribution in [2.45, 2.75) is 46.0 Å². The number of piperazine rings is 1. The summed E-state index contributed by atoms with van der Waals surface area (Å²) in [6.45, 7) is 9.26. The molecule has 1 saturated heterocycles. The second-order valence-electron chi connectivity index (χ2n) is 11.2. The van der Waals surface area contributed by atoms with Gasteiger partial charge in [-0.25, -0.2) is 19.3 Å². The monoisotopic (exact) mass is 583 g/mol. The van der Waals surface area contributed by atoms with E-state index in [2.05, 4.69) is 47.6 Å². The number of benzene rings is 2. The summed E-state index contributed by atoms with van der Waals surface area (Å²) in [6.07, 6.45) is 7.39. The topological polar surface area (TPSA) is 103 Å². The lowest BCUT2D eigenvalue weighted by atomic mass is 10.0. The molecular formula is C32H38FN9O. The third-order valence-electron chi connectivity index (χ3n) is 8.13. The van der Waals surface area contributed by atoms with Gasteiger partial charge >= 0.3 is 0 Å². The lowest BCUT2D eigenvalue weighted by molar-refractivity contribution is 0.102. The van der Waals surface area contributed by atoms with Gasteiger partial charge in [0.1, 0.15) is 24.6 Å². The van der Waals surface area contributed by atoms with Crippen molar-refractivity contribution in [2.75, 3.05) is 48.7 Å². The van der Waals surface area contributed by atoms with Crippen molar-refractivity contribution in [3.63, 3.8) is 0 Å². The third-order valence-corrected chi connectivity index (χ3v) is 8.13. The maximum atomic E-state index is 14.1. The van der Waals surface area contributed by atoms with Crippen LogP contribution in [-0.2, 0) is 13.2 Å². The molecule has 2 fully saturated rings. The average Bonchev–Trinajstić information content (AvgIpc) is 3.72. The third kappa shape index (κ3) is 7.00. The molecule has 0 spiro atoms. The largest absolute Gasteiger partial charge is 0.367 e. The van der Waals surface area contributed by atoms with Crippen molar-refractivity contribution >= 4 is 29.0 Å². The summed E-state index contributed by atoms with van der Waals surface area (Å²) in [7, 11) is 0. The highest BCUT2D eigenvalue weighted by atomic mass is 19.1. The van der Waals surface area contributed by atoms with Crippen molar-refractivity contribution in [1.82, 2.24) is 29.3 Å². The number of hydrogen-bond donors (Lipinski definition) is 3. The van der Waals surface area contributed by atoms with Gasteiger partial charge in [-0.3, -0.25) is 14.3 Å². The van der Waals surface area contributed by atoms with Crippen molar-refractivity contribution in [2.24, 2.45) is 0 Å². The Kier molecular flexibility index (Phi) is 8.62. The maximum Gasteiger partial charge on any atom is 0.255 e. The molecule has 1 aliphatic carbocycles. The standard InChI is InChI=1S/C32H38FN9O/c1-3-40-12-14-41(15-13-40)20-24-6-5-23(16-25(24)19-33)31(43)38-27-7-4-22(2)28(17-27)39-32-34-10-11-42(32)30-18-29(35-21-36-30)37-26-8-9-26/h4-7,10-11,16-18,21,26H,3,8-9,12-15,19-20H2,1-2H3,(H,34,39)(H,38,43)(H,35,36,37).